The van der Waals surface area contributed by atoms with Crippen molar-refractivity contribution in [1.82, 2.24) is 0 Å². The van der Waals surface area contributed by atoms with E-state index in [9.17, 15) is 0 Å². The largest absolute Gasteiger partial charge is 0.385 e. The highest BCUT2D eigenvalue weighted by Gasteiger charge is 2.00. The van der Waals surface area contributed by atoms with E-state index in [0.717, 1.165) is 17.1 Å². The first-order valence-electron chi connectivity index (χ1n) is 6.74. The lowest BCUT2D eigenvalue weighted by Gasteiger charge is -2.10. The van der Waals surface area contributed by atoms with Crippen LogP contribution in [0.1, 0.15) is 51.0 Å². The zero-order chi connectivity index (χ0) is 12.5. The first kappa shape index (κ1) is 14.4. The summed E-state index contributed by atoms with van der Waals surface area (Å²) in [5.74, 6) is 0. The SMILES string of the molecule is CCCCCCCCNc1cccc(Cl)c1C. The number of nitrogens with one attached hydrogen (secondary N) is 1. The molecule has 0 heterocycles. The van der Waals surface area contributed by atoms with E-state index in [4.69, 9.17) is 11.6 Å². The number of anilines is 1. The Morgan fingerprint density at radius 3 is 2.53 bits per heavy atom. The summed E-state index contributed by atoms with van der Waals surface area (Å²) < 4.78 is 0. The van der Waals surface area contributed by atoms with E-state index in [0.29, 0.717) is 0 Å². The van der Waals surface area contributed by atoms with Gasteiger partial charge in [-0.05, 0) is 31.0 Å². The van der Waals surface area contributed by atoms with Crippen LogP contribution in [0.4, 0.5) is 5.69 Å². The summed E-state index contributed by atoms with van der Waals surface area (Å²) in [6.45, 7) is 5.36. The molecule has 1 aromatic carbocycles. The van der Waals surface area contributed by atoms with Gasteiger partial charge in [0.15, 0.2) is 0 Å². The molecule has 0 atom stereocenters. The van der Waals surface area contributed by atoms with Crippen LogP contribution in [0.25, 0.3) is 0 Å². The molecule has 0 saturated carbocycles. The third-order valence-corrected chi connectivity index (χ3v) is 3.52. The van der Waals surface area contributed by atoms with Crippen LogP contribution in [-0.2, 0) is 0 Å². The minimum absolute atomic E-state index is 0.845. The number of hydrogen-bond donors (Lipinski definition) is 1. The van der Waals surface area contributed by atoms with Gasteiger partial charge >= 0.3 is 0 Å². The zero-order valence-corrected chi connectivity index (χ0v) is 11.8. The molecular formula is C15H24ClN. The zero-order valence-electron chi connectivity index (χ0n) is 11.1. The molecule has 2 heteroatoms. The van der Waals surface area contributed by atoms with Crippen LogP contribution in [0.2, 0.25) is 5.02 Å². The van der Waals surface area contributed by atoms with Gasteiger partial charge in [-0.15, -0.1) is 0 Å². The molecule has 0 aliphatic carbocycles. The summed E-state index contributed by atoms with van der Waals surface area (Å²) in [4.78, 5) is 0. The van der Waals surface area contributed by atoms with Gasteiger partial charge in [0.2, 0.25) is 0 Å². The second-order valence-corrected chi connectivity index (χ2v) is 5.01. The second kappa shape index (κ2) is 8.41. The van der Waals surface area contributed by atoms with Crippen molar-refractivity contribution in [2.75, 3.05) is 11.9 Å². The number of hydrogen-bond acceptors (Lipinski definition) is 1. The Labute approximate surface area is 111 Å². The molecule has 0 fully saturated rings. The summed E-state index contributed by atoms with van der Waals surface area (Å²) >= 11 is 6.07. The molecule has 0 saturated heterocycles. The lowest BCUT2D eigenvalue weighted by Crippen LogP contribution is -2.03. The van der Waals surface area contributed by atoms with E-state index < -0.39 is 0 Å². The normalized spacial score (nSPS) is 10.5. The molecule has 1 rings (SSSR count). The van der Waals surface area contributed by atoms with Crippen molar-refractivity contribution in [2.24, 2.45) is 0 Å². The Balaban J connectivity index is 2.16. The highest BCUT2D eigenvalue weighted by molar-refractivity contribution is 6.31. The smallest absolute Gasteiger partial charge is 0.0455 e. The molecule has 0 aliphatic heterocycles. The molecule has 0 amide bonds. The average Bonchev–Trinajstić information content (AvgIpc) is 2.33. The van der Waals surface area contributed by atoms with E-state index in [1.807, 2.05) is 12.1 Å². The second-order valence-electron chi connectivity index (χ2n) is 4.61. The third-order valence-electron chi connectivity index (χ3n) is 3.11. The van der Waals surface area contributed by atoms with Crippen LogP contribution in [0.3, 0.4) is 0 Å². The van der Waals surface area contributed by atoms with Crippen LogP contribution in [-0.4, -0.2) is 6.54 Å². The Hall–Kier alpha value is -0.690. The van der Waals surface area contributed by atoms with Crippen molar-refractivity contribution < 1.29 is 0 Å². The molecule has 0 unspecified atom stereocenters. The first-order chi connectivity index (χ1) is 8.25. The van der Waals surface area contributed by atoms with Gasteiger partial charge in [0.25, 0.3) is 0 Å². The van der Waals surface area contributed by atoms with E-state index >= 15 is 0 Å². The van der Waals surface area contributed by atoms with Gasteiger partial charge in [-0.25, -0.2) is 0 Å². The molecule has 0 aliphatic rings. The van der Waals surface area contributed by atoms with Crippen molar-refractivity contribution in [3.63, 3.8) is 0 Å². The van der Waals surface area contributed by atoms with Crippen LogP contribution in [0, 0.1) is 6.92 Å². The van der Waals surface area contributed by atoms with Crippen LogP contribution in [0.15, 0.2) is 18.2 Å². The Morgan fingerprint density at radius 2 is 1.76 bits per heavy atom. The Bertz CT molecular complexity index is 323. The summed E-state index contributed by atoms with van der Waals surface area (Å²) in [5.41, 5.74) is 2.33. The maximum Gasteiger partial charge on any atom is 0.0455 e. The summed E-state index contributed by atoms with van der Waals surface area (Å²) in [5, 5.41) is 4.31. The molecule has 0 radical (unpaired) electrons. The minimum Gasteiger partial charge on any atom is -0.385 e. The monoisotopic (exact) mass is 253 g/mol. The van der Waals surface area contributed by atoms with Gasteiger partial charge in [0, 0.05) is 17.3 Å². The van der Waals surface area contributed by atoms with Gasteiger partial charge in [-0.1, -0.05) is 56.7 Å². The summed E-state index contributed by atoms with van der Waals surface area (Å²) in [6.07, 6.45) is 8.01. The average molecular weight is 254 g/mol. The molecular weight excluding hydrogens is 230 g/mol. The molecule has 1 N–H and O–H groups in total. The molecule has 1 aromatic rings. The number of unbranched alkanes of at least 4 members (excludes halogenated alkanes) is 5. The predicted molar refractivity (Wildman–Crippen MR) is 78.1 cm³/mol. The highest BCUT2D eigenvalue weighted by Crippen LogP contribution is 2.22. The first-order valence-corrected chi connectivity index (χ1v) is 7.12. The fourth-order valence-electron chi connectivity index (χ4n) is 1.93. The van der Waals surface area contributed by atoms with E-state index in [1.165, 1.54) is 44.2 Å². The maximum absolute atomic E-state index is 6.07. The summed E-state index contributed by atoms with van der Waals surface area (Å²) in [6, 6.07) is 6.03. The van der Waals surface area contributed by atoms with E-state index in [-0.39, 0.29) is 0 Å². The molecule has 96 valence electrons. The minimum atomic E-state index is 0.845. The fourth-order valence-corrected chi connectivity index (χ4v) is 2.10. The predicted octanol–water partition coefficient (Wildman–Crippen LogP) is 5.42. The van der Waals surface area contributed by atoms with Crippen LogP contribution >= 0.6 is 11.6 Å². The Kier molecular flexibility index (Phi) is 7.11. The molecule has 0 aromatic heterocycles. The summed E-state index contributed by atoms with van der Waals surface area (Å²) in [7, 11) is 0. The lowest BCUT2D eigenvalue weighted by atomic mass is 10.1. The van der Waals surface area contributed by atoms with Crippen LogP contribution < -0.4 is 5.32 Å². The van der Waals surface area contributed by atoms with Gasteiger partial charge in [-0.2, -0.15) is 0 Å². The number of halogens is 1. The topological polar surface area (TPSA) is 12.0 Å². The molecule has 17 heavy (non-hydrogen) atoms. The molecule has 0 bridgehead atoms. The third kappa shape index (κ3) is 5.45. The molecule has 0 spiro atoms. The fraction of sp³-hybridized carbons (Fsp3) is 0.600. The van der Waals surface area contributed by atoms with Crippen molar-refractivity contribution in [3.8, 4) is 0 Å². The van der Waals surface area contributed by atoms with Crippen LogP contribution in [0.5, 0.6) is 0 Å². The Morgan fingerprint density at radius 1 is 1.06 bits per heavy atom. The van der Waals surface area contributed by atoms with Crippen molar-refractivity contribution in [3.05, 3.63) is 28.8 Å². The van der Waals surface area contributed by atoms with E-state index in [2.05, 4.69) is 25.2 Å². The standard InChI is InChI=1S/C15H24ClN/c1-3-4-5-6-7-8-12-17-15-11-9-10-14(16)13(15)2/h9-11,17H,3-8,12H2,1-2H3. The van der Waals surface area contributed by atoms with Crippen molar-refractivity contribution >= 4 is 17.3 Å². The number of rotatable bonds is 8. The van der Waals surface area contributed by atoms with Gasteiger partial charge in [0.05, 0.1) is 0 Å². The van der Waals surface area contributed by atoms with Crippen molar-refractivity contribution in [2.45, 2.75) is 52.4 Å². The highest BCUT2D eigenvalue weighted by atomic mass is 35.5. The van der Waals surface area contributed by atoms with Gasteiger partial charge in [-0.3, -0.25) is 0 Å². The van der Waals surface area contributed by atoms with Gasteiger partial charge in [0.1, 0.15) is 0 Å². The van der Waals surface area contributed by atoms with Crippen molar-refractivity contribution in [1.29, 1.82) is 0 Å². The maximum atomic E-state index is 6.07. The quantitative estimate of drug-likeness (QED) is 0.610. The van der Waals surface area contributed by atoms with E-state index in [1.54, 1.807) is 0 Å². The van der Waals surface area contributed by atoms with Gasteiger partial charge < -0.3 is 5.32 Å². The molecule has 1 nitrogen and oxygen atoms in total. The lowest BCUT2D eigenvalue weighted by molar-refractivity contribution is 0.617. The number of benzene rings is 1.